The molecule has 0 bridgehead atoms. The molecule has 2 heterocycles. The molecule has 0 radical (unpaired) electrons. The first-order valence-electron chi connectivity index (χ1n) is 4.34. The van der Waals surface area contributed by atoms with Crippen molar-refractivity contribution in [2.24, 2.45) is 12.8 Å². The number of aryl methyl sites for hydroxylation is 2. The first-order valence-corrected chi connectivity index (χ1v) is 5.16. The van der Waals surface area contributed by atoms with Crippen molar-refractivity contribution < 1.29 is 0 Å². The molecule has 0 saturated carbocycles. The van der Waals surface area contributed by atoms with Gasteiger partial charge in [0.25, 0.3) is 0 Å². The Hall–Kier alpha value is -1.20. The smallest absolute Gasteiger partial charge is 0.154 e. The molecule has 2 rings (SSSR count). The lowest BCUT2D eigenvalue weighted by Crippen LogP contribution is -2.15. The highest BCUT2D eigenvalue weighted by Gasteiger charge is 2.15. The Bertz CT molecular complexity index is 431. The van der Waals surface area contributed by atoms with Gasteiger partial charge in [0.1, 0.15) is 12.4 Å². The van der Waals surface area contributed by atoms with Gasteiger partial charge < -0.3 is 10.3 Å². The molecular weight excluding hydrogens is 196 g/mol. The highest BCUT2D eigenvalue weighted by molar-refractivity contribution is 7.12. The van der Waals surface area contributed by atoms with E-state index in [4.69, 9.17) is 5.73 Å². The summed E-state index contributed by atoms with van der Waals surface area (Å²) in [6, 6.07) is 3.94. The first kappa shape index (κ1) is 9.36. The van der Waals surface area contributed by atoms with Crippen LogP contribution in [0.15, 0.2) is 18.5 Å². The van der Waals surface area contributed by atoms with Crippen LogP contribution in [0, 0.1) is 6.92 Å². The zero-order valence-electron chi connectivity index (χ0n) is 8.14. The summed E-state index contributed by atoms with van der Waals surface area (Å²) in [4.78, 5) is 2.39. The summed E-state index contributed by atoms with van der Waals surface area (Å²) in [6.45, 7) is 2.07. The van der Waals surface area contributed by atoms with E-state index >= 15 is 0 Å². The van der Waals surface area contributed by atoms with E-state index in [1.54, 1.807) is 17.7 Å². The van der Waals surface area contributed by atoms with Gasteiger partial charge in [-0.1, -0.05) is 0 Å². The quantitative estimate of drug-likeness (QED) is 0.807. The van der Waals surface area contributed by atoms with Gasteiger partial charge in [-0.15, -0.1) is 21.5 Å². The van der Waals surface area contributed by atoms with Crippen molar-refractivity contribution in [1.29, 1.82) is 0 Å². The van der Waals surface area contributed by atoms with Crippen LogP contribution in [0.1, 0.15) is 21.6 Å². The maximum absolute atomic E-state index is 6.06. The fourth-order valence-electron chi connectivity index (χ4n) is 1.32. The molecule has 1 atom stereocenters. The van der Waals surface area contributed by atoms with Gasteiger partial charge in [0.15, 0.2) is 5.82 Å². The predicted molar refractivity (Wildman–Crippen MR) is 56.1 cm³/mol. The molecule has 0 amide bonds. The van der Waals surface area contributed by atoms with Crippen LogP contribution in [-0.2, 0) is 7.05 Å². The molecule has 0 aliphatic carbocycles. The van der Waals surface area contributed by atoms with Crippen LogP contribution >= 0.6 is 11.3 Å². The van der Waals surface area contributed by atoms with Gasteiger partial charge in [0.2, 0.25) is 0 Å². The molecule has 4 nitrogen and oxygen atoms in total. The number of thiophene rings is 1. The van der Waals surface area contributed by atoms with Gasteiger partial charge in [-0.3, -0.25) is 0 Å². The van der Waals surface area contributed by atoms with Crippen LogP contribution in [-0.4, -0.2) is 14.8 Å². The molecule has 5 heteroatoms. The maximum Gasteiger partial charge on any atom is 0.154 e. The lowest BCUT2D eigenvalue weighted by atomic mass is 10.2. The number of nitrogens with two attached hydrogens (primary N) is 1. The number of nitrogens with zero attached hydrogens (tertiary/aromatic N) is 3. The zero-order chi connectivity index (χ0) is 10.1. The SMILES string of the molecule is Cc1ccc(C(N)c2nncn2C)s1. The lowest BCUT2D eigenvalue weighted by Gasteiger charge is -2.07. The summed E-state index contributed by atoms with van der Waals surface area (Å²) in [7, 11) is 1.90. The minimum Gasteiger partial charge on any atom is -0.319 e. The number of hydrogen-bond donors (Lipinski definition) is 1. The van der Waals surface area contributed by atoms with Crippen LogP contribution in [0.5, 0.6) is 0 Å². The Morgan fingerprint density at radius 2 is 2.29 bits per heavy atom. The van der Waals surface area contributed by atoms with Crippen molar-refractivity contribution in [3.05, 3.63) is 34.0 Å². The Morgan fingerprint density at radius 3 is 2.79 bits per heavy atom. The van der Waals surface area contributed by atoms with Gasteiger partial charge in [0, 0.05) is 16.8 Å². The minimum absolute atomic E-state index is 0.166. The van der Waals surface area contributed by atoms with E-state index in [1.165, 1.54) is 4.88 Å². The molecule has 0 aromatic carbocycles. The lowest BCUT2D eigenvalue weighted by molar-refractivity contribution is 0.723. The highest BCUT2D eigenvalue weighted by Crippen LogP contribution is 2.24. The number of hydrogen-bond acceptors (Lipinski definition) is 4. The monoisotopic (exact) mass is 208 g/mol. The molecule has 0 aliphatic rings. The van der Waals surface area contributed by atoms with E-state index in [1.807, 2.05) is 17.7 Å². The van der Waals surface area contributed by atoms with E-state index < -0.39 is 0 Å². The van der Waals surface area contributed by atoms with E-state index in [2.05, 4.69) is 23.2 Å². The van der Waals surface area contributed by atoms with Crippen LogP contribution in [0.3, 0.4) is 0 Å². The summed E-state index contributed by atoms with van der Waals surface area (Å²) in [5.41, 5.74) is 6.06. The Balaban J connectivity index is 2.33. The van der Waals surface area contributed by atoms with E-state index in [0.29, 0.717) is 0 Å². The van der Waals surface area contributed by atoms with E-state index in [9.17, 15) is 0 Å². The molecule has 74 valence electrons. The largest absolute Gasteiger partial charge is 0.319 e. The standard InChI is InChI=1S/C9H12N4S/c1-6-3-4-7(14-6)8(10)9-12-11-5-13(9)2/h3-5,8H,10H2,1-2H3. The molecule has 2 N–H and O–H groups in total. The second kappa shape index (κ2) is 3.51. The number of rotatable bonds is 2. The average Bonchev–Trinajstić information content (AvgIpc) is 2.73. The highest BCUT2D eigenvalue weighted by atomic mass is 32.1. The van der Waals surface area contributed by atoms with Crippen LogP contribution in [0.4, 0.5) is 0 Å². The van der Waals surface area contributed by atoms with Crippen molar-refractivity contribution >= 4 is 11.3 Å². The summed E-state index contributed by atoms with van der Waals surface area (Å²) in [6.07, 6.45) is 1.66. The third kappa shape index (κ3) is 1.56. The molecule has 14 heavy (non-hydrogen) atoms. The first-order chi connectivity index (χ1) is 6.68. The predicted octanol–water partition coefficient (Wildman–Crippen LogP) is 1.23. The summed E-state index contributed by atoms with van der Waals surface area (Å²) < 4.78 is 1.85. The van der Waals surface area contributed by atoms with Gasteiger partial charge in [0.05, 0.1) is 0 Å². The molecule has 2 aromatic rings. The topological polar surface area (TPSA) is 56.7 Å². The molecule has 0 aliphatic heterocycles. The Labute approximate surface area is 86.4 Å². The van der Waals surface area contributed by atoms with Gasteiger partial charge in [-0.2, -0.15) is 0 Å². The normalized spacial score (nSPS) is 13.1. The van der Waals surface area contributed by atoms with Gasteiger partial charge in [-0.05, 0) is 19.1 Å². The van der Waals surface area contributed by atoms with Crippen molar-refractivity contribution in [3.63, 3.8) is 0 Å². The Morgan fingerprint density at radius 1 is 1.50 bits per heavy atom. The fourth-order valence-corrected chi connectivity index (χ4v) is 2.20. The number of aromatic nitrogens is 3. The third-order valence-corrected chi connectivity index (χ3v) is 3.18. The van der Waals surface area contributed by atoms with Crippen molar-refractivity contribution in [3.8, 4) is 0 Å². The van der Waals surface area contributed by atoms with E-state index in [-0.39, 0.29) is 6.04 Å². The molecule has 0 saturated heterocycles. The third-order valence-electron chi connectivity index (χ3n) is 2.09. The maximum atomic E-state index is 6.06. The second-order valence-corrected chi connectivity index (χ2v) is 4.55. The van der Waals surface area contributed by atoms with Gasteiger partial charge in [-0.25, -0.2) is 0 Å². The van der Waals surface area contributed by atoms with Crippen LogP contribution in [0.25, 0.3) is 0 Å². The fraction of sp³-hybridized carbons (Fsp3) is 0.333. The zero-order valence-corrected chi connectivity index (χ0v) is 8.95. The second-order valence-electron chi connectivity index (χ2n) is 3.23. The molecule has 0 fully saturated rings. The summed E-state index contributed by atoms with van der Waals surface area (Å²) in [5, 5.41) is 7.81. The average molecular weight is 208 g/mol. The molecule has 0 spiro atoms. The van der Waals surface area contributed by atoms with Crippen molar-refractivity contribution in [2.75, 3.05) is 0 Å². The van der Waals surface area contributed by atoms with Crippen molar-refractivity contribution in [1.82, 2.24) is 14.8 Å². The molecule has 1 unspecified atom stereocenters. The Kier molecular flexibility index (Phi) is 2.35. The van der Waals surface area contributed by atoms with Crippen molar-refractivity contribution in [2.45, 2.75) is 13.0 Å². The van der Waals surface area contributed by atoms with E-state index in [0.717, 1.165) is 10.7 Å². The summed E-state index contributed by atoms with van der Waals surface area (Å²) >= 11 is 1.70. The molecule has 2 aromatic heterocycles. The molecular formula is C9H12N4S. The summed E-state index contributed by atoms with van der Waals surface area (Å²) in [5.74, 6) is 0.798. The van der Waals surface area contributed by atoms with Crippen LogP contribution in [0.2, 0.25) is 0 Å². The van der Waals surface area contributed by atoms with Crippen LogP contribution < -0.4 is 5.73 Å². The minimum atomic E-state index is -0.166. The van der Waals surface area contributed by atoms with Gasteiger partial charge >= 0.3 is 0 Å².